The molecule has 0 unspecified atom stereocenters. The molecule has 0 bridgehead atoms. The van der Waals surface area contributed by atoms with Gasteiger partial charge in [-0.05, 0) is 42.0 Å². The molecule has 1 fully saturated rings. The van der Waals surface area contributed by atoms with E-state index in [2.05, 4.69) is 0 Å². The van der Waals surface area contributed by atoms with Crippen LogP contribution in [0.25, 0.3) is 6.08 Å². The minimum atomic E-state index is -0.217. The first-order chi connectivity index (χ1) is 8.29. The zero-order chi connectivity index (χ0) is 12.1. The summed E-state index contributed by atoms with van der Waals surface area (Å²) in [5.41, 5.74) is 2.07. The van der Waals surface area contributed by atoms with E-state index in [1.807, 2.05) is 6.08 Å². The Labute approximate surface area is 102 Å². The molecule has 1 aromatic carbocycles. The van der Waals surface area contributed by atoms with Gasteiger partial charge in [-0.15, -0.1) is 0 Å². The highest BCUT2D eigenvalue weighted by atomic mass is 19.1. The van der Waals surface area contributed by atoms with Gasteiger partial charge in [0.25, 0.3) is 0 Å². The Balaban J connectivity index is 2.13. The predicted molar refractivity (Wildman–Crippen MR) is 68.0 cm³/mol. The molecule has 1 N–H and O–H groups in total. The number of aliphatic hydroxyl groups is 1. The maximum Gasteiger partial charge on any atom is 0.123 e. The van der Waals surface area contributed by atoms with Crippen LogP contribution in [0.5, 0.6) is 0 Å². The standard InChI is InChI=1S/C15H19FO/c16-15-8-6-12(7-9-15)10-14(11-17)13-4-2-1-3-5-13/h6-10,13,17H,1-5,11H2. The Morgan fingerprint density at radius 3 is 2.41 bits per heavy atom. The number of hydrogen-bond donors (Lipinski definition) is 1. The summed E-state index contributed by atoms with van der Waals surface area (Å²) in [6.07, 6.45) is 8.18. The summed E-state index contributed by atoms with van der Waals surface area (Å²) in [5, 5.41) is 9.45. The summed E-state index contributed by atoms with van der Waals surface area (Å²) in [7, 11) is 0. The van der Waals surface area contributed by atoms with E-state index >= 15 is 0 Å². The average Bonchev–Trinajstić information content (AvgIpc) is 2.39. The van der Waals surface area contributed by atoms with Gasteiger partial charge in [0.15, 0.2) is 0 Å². The van der Waals surface area contributed by atoms with Crippen molar-refractivity contribution in [2.45, 2.75) is 32.1 Å². The lowest BCUT2D eigenvalue weighted by atomic mass is 9.83. The van der Waals surface area contributed by atoms with Crippen molar-refractivity contribution in [2.24, 2.45) is 5.92 Å². The number of halogens is 1. The van der Waals surface area contributed by atoms with Crippen molar-refractivity contribution in [3.8, 4) is 0 Å². The fourth-order valence-corrected chi connectivity index (χ4v) is 2.54. The van der Waals surface area contributed by atoms with Gasteiger partial charge >= 0.3 is 0 Å². The second kappa shape index (κ2) is 5.97. The van der Waals surface area contributed by atoms with Gasteiger partial charge in [0, 0.05) is 0 Å². The average molecular weight is 234 g/mol. The van der Waals surface area contributed by atoms with Crippen LogP contribution in [0.2, 0.25) is 0 Å². The van der Waals surface area contributed by atoms with Crippen LogP contribution in [0.3, 0.4) is 0 Å². The minimum absolute atomic E-state index is 0.113. The van der Waals surface area contributed by atoms with E-state index in [4.69, 9.17) is 0 Å². The van der Waals surface area contributed by atoms with Crippen LogP contribution in [0.1, 0.15) is 37.7 Å². The van der Waals surface area contributed by atoms with Crippen LogP contribution in [0, 0.1) is 11.7 Å². The maximum absolute atomic E-state index is 12.8. The molecular weight excluding hydrogens is 215 g/mol. The molecule has 1 nitrogen and oxygen atoms in total. The number of rotatable bonds is 3. The fraction of sp³-hybridized carbons (Fsp3) is 0.467. The summed E-state index contributed by atoms with van der Waals surface area (Å²) in [5.74, 6) is 0.296. The Morgan fingerprint density at radius 2 is 1.82 bits per heavy atom. The van der Waals surface area contributed by atoms with Gasteiger partial charge in [-0.3, -0.25) is 0 Å². The molecule has 0 radical (unpaired) electrons. The van der Waals surface area contributed by atoms with Crippen molar-refractivity contribution in [1.29, 1.82) is 0 Å². The van der Waals surface area contributed by atoms with Crippen LogP contribution in [-0.4, -0.2) is 11.7 Å². The molecule has 1 saturated carbocycles. The fourth-order valence-electron chi connectivity index (χ4n) is 2.54. The van der Waals surface area contributed by atoms with Gasteiger partial charge in [0.2, 0.25) is 0 Å². The monoisotopic (exact) mass is 234 g/mol. The van der Waals surface area contributed by atoms with Crippen molar-refractivity contribution in [1.82, 2.24) is 0 Å². The molecule has 92 valence electrons. The van der Waals surface area contributed by atoms with Crippen molar-refractivity contribution in [3.05, 3.63) is 41.2 Å². The van der Waals surface area contributed by atoms with Gasteiger partial charge in [0.1, 0.15) is 5.82 Å². The number of aliphatic hydroxyl groups excluding tert-OH is 1. The molecule has 1 aliphatic rings. The van der Waals surface area contributed by atoms with E-state index in [9.17, 15) is 9.50 Å². The Kier molecular flexibility index (Phi) is 4.32. The first-order valence-corrected chi connectivity index (χ1v) is 6.36. The predicted octanol–water partition coefficient (Wildman–Crippen LogP) is 3.78. The van der Waals surface area contributed by atoms with Crippen molar-refractivity contribution in [3.63, 3.8) is 0 Å². The SMILES string of the molecule is OCC(=Cc1ccc(F)cc1)C1CCCCC1. The van der Waals surface area contributed by atoms with Crippen molar-refractivity contribution < 1.29 is 9.50 Å². The van der Waals surface area contributed by atoms with E-state index in [0.717, 1.165) is 11.1 Å². The molecule has 0 spiro atoms. The molecular formula is C15H19FO. The van der Waals surface area contributed by atoms with Gasteiger partial charge in [0.05, 0.1) is 6.61 Å². The van der Waals surface area contributed by atoms with Crippen LogP contribution >= 0.6 is 0 Å². The summed E-state index contributed by atoms with van der Waals surface area (Å²) in [6, 6.07) is 6.44. The lowest BCUT2D eigenvalue weighted by Gasteiger charge is -2.23. The van der Waals surface area contributed by atoms with Crippen LogP contribution < -0.4 is 0 Å². The quantitative estimate of drug-likeness (QED) is 0.843. The van der Waals surface area contributed by atoms with E-state index in [0.29, 0.717) is 5.92 Å². The maximum atomic E-state index is 12.8. The Morgan fingerprint density at radius 1 is 1.18 bits per heavy atom. The minimum Gasteiger partial charge on any atom is -0.392 e. The zero-order valence-electron chi connectivity index (χ0n) is 10.0. The van der Waals surface area contributed by atoms with Gasteiger partial charge in [-0.2, -0.15) is 0 Å². The smallest absolute Gasteiger partial charge is 0.123 e. The third-order valence-corrected chi connectivity index (χ3v) is 3.53. The van der Waals surface area contributed by atoms with Crippen LogP contribution in [0.4, 0.5) is 4.39 Å². The van der Waals surface area contributed by atoms with Crippen molar-refractivity contribution in [2.75, 3.05) is 6.61 Å². The molecule has 1 aliphatic carbocycles. The number of benzene rings is 1. The van der Waals surface area contributed by atoms with Crippen LogP contribution in [0.15, 0.2) is 29.8 Å². The van der Waals surface area contributed by atoms with E-state index in [1.165, 1.54) is 44.2 Å². The van der Waals surface area contributed by atoms with E-state index in [-0.39, 0.29) is 12.4 Å². The van der Waals surface area contributed by atoms with E-state index in [1.54, 1.807) is 12.1 Å². The molecule has 0 heterocycles. The molecule has 0 saturated heterocycles. The van der Waals surface area contributed by atoms with Gasteiger partial charge < -0.3 is 5.11 Å². The first kappa shape index (κ1) is 12.3. The molecule has 2 heteroatoms. The summed E-state index contributed by atoms with van der Waals surface area (Å²) in [6.45, 7) is 0.113. The molecule has 17 heavy (non-hydrogen) atoms. The molecule has 1 aromatic rings. The largest absolute Gasteiger partial charge is 0.392 e. The highest BCUT2D eigenvalue weighted by molar-refractivity contribution is 5.53. The number of hydrogen-bond acceptors (Lipinski definition) is 1. The second-order valence-electron chi connectivity index (χ2n) is 4.76. The lowest BCUT2D eigenvalue weighted by molar-refractivity contribution is 0.295. The van der Waals surface area contributed by atoms with Crippen LogP contribution in [-0.2, 0) is 0 Å². The summed E-state index contributed by atoms with van der Waals surface area (Å²) in [4.78, 5) is 0. The Hall–Kier alpha value is -1.15. The molecule has 0 aromatic heterocycles. The summed E-state index contributed by atoms with van der Waals surface area (Å²) < 4.78 is 12.8. The van der Waals surface area contributed by atoms with Crippen molar-refractivity contribution >= 4 is 6.08 Å². The highest BCUT2D eigenvalue weighted by Crippen LogP contribution is 2.30. The molecule has 2 rings (SSSR count). The molecule has 0 atom stereocenters. The lowest BCUT2D eigenvalue weighted by Crippen LogP contribution is -2.11. The Bertz CT molecular complexity index is 374. The third-order valence-electron chi connectivity index (χ3n) is 3.53. The molecule has 0 amide bonds. The zero-order valence-corrected chi connectivity index (χ0v) is 10.0. The first-order valence-electron chi connectivity index (χ1n) is 6.36. The highest BCUT2D eigenvalue weighted by Gasteiger charge is 2.16. The molecule has 0 aliphatic heterocycles. The van der Waals surface area contributed by atoms with Gasteiger partial charge in [-0.25, -0.2) is 4.39 Å². The van der Waals surface area contributed by atoms with E-state index < -0.39 is 0 Å². The topological polar surface area (TPSA) is 20.2 Å². The normalized spacial score (nSPS) is 18.4. The summed E-state index contributed by atoms with van der Waals surface area (Å²) >= 11 is 0. The second-order valence-corrected chi connectivity index (χ2v) is 4.76. The third kappa shape index (κ3) is 3.40. The van der Waals surface area contributed by atoms with Gasteiger partial charge in [-0.1, -0.05) is 37.5 Å².